The van der Waals surface area contributed by atoms with Gasteiger partial charge in [-0.05, 0) is 43.3 Å². The fourth-order valence-corrected chi connectivity index (χ4v) is 4.13. The molecule has 7 heteroatoms. The van der Waals surface area contributed by atoms with Gasteiger partial charge in [0.25, 0.3) is 10.0 Å². The van der Waals surface area contributed by atoms with E-state index in [1.807, 2.05) is 43.3 Å². The minimum atomic E-state index is -3.65. The molecule has 1 N–H and O–H groups in total. The number of sulfonamides is 1. The van der Waals surface area contributed by atoms with Crippen molar-refractivity contribution in [2.75, 3.05) is 22.7 Å². The van der Waals surface area contributed by atoms with Crippen molar-refractivity contribution < 1.29 is 8.42 Å². The molecule has 0 aliphatic carbocycles. The lowest BCUT2D eigenvalue weighted by atomic mass is 10.3. The lowest BCUT2D eigenvalue weighted by Gasteiger charge is -2.22. The summed E-state index contributed by atoms with van der Waals surface area (Å²) < 4.78 is 27.2. The van der Waals surface area contributed by atoms with Crippen molar-refractivity contribution >= 4 is 21.5 Å². The summed E-state index contributed by atoms with van der Waals surface area (Å²) in [7, 11) is -3.65. The van der Waals surface area contributed by atoms with Crippen molar-refractivity contribution in [3.63, 3.8) is 0 Å². The van der Waals surface area contributed by atoms with Gasteiger partial charge in [-0.3, -0.25) is 9.29 Å². The largest absolute Gasteiger partial charge is 0.370 e. The zero-order valence-corrected chi connectivity index (χ0v) is 15.9. The van der Waals surface area contributed by atoms with Gasteiger partial charge in [0.15, 0.2) is 0 Å². The number of nitrogens with one attached hydrogen (secondary N) is 1. The molecule has 0 spiro atoms. The third kappa shape index (κ3) is 4.62. The molecule has 3 rings (SSSR count). The van der Waals surface area contributed by atoms with Crippen LogP contribution in [-0.2, 0) is 16.4 Å². The first-order chi connectivity index (χ1) is 13.1. The molecule has 0 aliphatic rings. The molecule has 0 atom stereocenters. The van der Waals surface area contributed by atoms with Gasteiger partial charge in [-0.2, -0.15) is 0 Å². The summed E-state index contributed by atoms with van der Waals surface area (Å²) in [5.74, 6) is 0.632. The highest BCUT2D eigenvalue weighted by Crippen LogP contribution is 2.23. The summed E-state index contributed by atoms with van der Waals surface area (Å²) in [5, 5.41) is 3.19. The highest BCUT2D eigenvalue weighted by molar-refractivity contribution is 7.92. The monoisotopic (exact) mass is 382 g/mol. The number of nitrogens with zero attached hydrogens (tertiary/aromatic N) is 3. The Morgan fingerprint density at radius 3 is 2.37 bits per heavy atom. The maximum absolute atomic E-state index is 12.9. The molecule has 0 amide bonds. The van der Waals surface area contributed by atoms with E-state index in [-0.39, 0.29) is 4.90 Å². The van der Waals surface area contributed by atoms with Crippen LogP contribution in [0.25, 0.3) is 0 Å². The second-order valence-electron chi connectivity index (χ2n) is 5.88. The van der Waals surface area contributed by atoms with E-state index >= 15 is 0 Å². The summed E-state index contributed by atoms with van der Waals surface area (Å²) in [6.07, 6.45) is 3.92. The van der Waals surface area contributed by atoms with E-state index in [9.17, 15) is 8.42 Å². The van der Waals surface area contributed by atoms with E-state index in [0.29, 0.717) is 24.6 Å². The van der Waals surface area contributed by atoms with Crippen LogP contribution in [0.2, 0.25) is 0 Å². The van der Waals surface area contributed by atoms with Crippen LogP contribution < -0.4 is 9.62 Å². The van der Waals surface area contributed by atoms with Gasteiger partial charge in [0.05, 0.1) is 5.69 Å². The summed E-state index contributed by atoms with van der Waals surface area (Å²) in [4.78, 5) is 8.69. The van der Waals surface area contributed by atoms with Gasteiger partial charge in [-0.1, -0.05) is 24.3 Å². The molecule has 140 valence electrons. The quantitative estimate of drug-likeness (QED) is 0.647. The molecule has 6 nitrogen and oxygen atoms in total. The molecule has 0 saturated heterocycles. The highest BCUT2D eigenvalue weighted by Gasteiger charge is 2.23. The summed E-state index contributed by atoms with van der Waals surface area (Å²) in [6.45, 7) is 2.82. The Balaban J connectivity index is 1.68. The second kappa shape index (κ2) is 8.64. The molecule has 2 aromatic heterocycles. The Morgan fingerprint density at radius 1 is 0.963 bits per heavy atom. The second-order valence-corrected chi connectivity index (χ2v) is 7.74. The van der Waals surface area contributed by atoms with E-state index in [4.69, 9.17) is 0 Å². The molecular weight excluding hydrogens is 360 g/mol. The van der Waals surface area contributed by atoms with Gasteiger partial charge in [-0.15, -0.1) is 0 Å². The Morgan fingerprint density at radius 2 is 1.74 bits per heavy atom. The number of para-hydroxylation sites is 1. The lowest BCUT2D eigenvalue weighted by Crippen LogP contribution is -2.30. The van der Waals surface area contributed by atoms with Gasteiger partial charge in [0, 0.05) is 37.6 Å². The van der Waals surface area contributed by atoms with E-state index < -0.39 is 10.0 Å². The Kier molecular flexibility index (Phi) is 6.03. The number of benzene rings is 1. The molecule has 0 unspecified atom stereocenters. The van der Waals surface area contributed by atoms with E-state index in [2.05, 4.69) is 15.3 Å². The SMILES string of the molecule is CCN(c1ccccc1)S(=O)(=O)c1ccc(NCCc2ccccn2)nc1. The normalized spacial score (nSPS) is 11.1. The van der Waals surface area contributed by atoms with Crippen molar-refractivity contribution in [3.05, 3.63) is 78.8 Å². The van der Waals surface area contributed by atoms with Crippen LogP contribution in [-0.4, -0.2) is 31.5 Å². The minimum Gasteiger partial charge on any atom is -0.370 e. The predicted octanol–water partition coefficient (Wildman–Crippen LogP) is 3.35. The van der Waals surface area contributed by atoms with E-state index in [0.717, 1.165) is 12.1 Å². The first kappa shape index (κ1) is 18.8. The van der Waals surface area contributed by atoms with Gasteiger partial charge in [0.1, 0.15) is 10.7 Å². The van der Waals surface area contributed by atoms with Crippen molar-refractivity contribution in [1.82, 2.24) is 9.97 Å². The van der Waals surface area contributed by atoms with Crippen LogP contribution in [0, 0.1) is 0 Å². The number of aromatic nitrogens is 2. The van der Waals surface area contributed by atoms with Crippen molar-refractivity contribution in [3.8, 4) is 0 Å². The molecule has 0 bridgehead atoms. The third-order valence-corrected chi connectivity index (χ3v) is 5.96. The number of pyridine rings is 2. The predicted molar refractivity (Wildman–Crippen MR) is 107 cm³/mol. The number of hydrogen-bond donors (Lipinski definition) is 1. The zero-order chi connectivity index (χ0) is 19.1. The van der Waals surface area contributed by atoms with Crippen LogP contribution in [0.5, 0.6) is 0 Å². The Bertz CT molecular complexity index is 946. The minimum absolute atomic E-state index is 0.170. The number of hydrogen-bond acceptors (Lipinski definition) is 5. The molecular formula is C20H22N4O2S. The first-order valence-corrected chi connectivity index (χ1v) is 10.2. The molecule has 0 radical (unpaired) electrons. The smallest absolute Gasteiger partial charge is 0.265 e. The van der Waals surface area contributed by atoms with Crippen molar-refractivity contribution in [2.24, 2.45) is 0 Å². The van der Waals surface area contributed by atoms with Crippen LogP contribution in [0.4, 0.5) is 11.5 Å². The van der Waals surface area contributed by atoms with Crippen LogP contribution in [0.15, 0.2) is 78.0 Å². The topological polar surface area (TPSA) is 75.2 Å². The van der Waals surface area contributed by atoms with Gasteiger partial charge < -0.3 is 5.32 Å². The van der Waals surface area contributed by atoms with Gasteiger partial charge in [0.2, 0.25) is 0 Å². The summed E-state index contributed by atoms with van der Waals surface area (Å²) >= 11 is 0. The number of anilines is 2. The molecule has 27 heavy (non-hydrogen) atoms. The van der Waals surface area contributed by atoms with Gasteiger partial charge >= 0.3 is 0 Å². The maximum atomic E-state index is 12.9. The third-order valence-electron chi connectivity index (χ3n) is 4.07. The van der Waals surface area contributed by atoms with E-state index in [1.54, 1.807) is 30.5 Å². The van der Waals surface area contributed by atoms with Crippen LogP contribution in [0.3, 0.4) is 0 Å². The van der Waals surface area contributed by atoms with Crippen molar-refractivity contribution in [2.45, 2.75) is 18.2 Å². The van der Waals surface area contributed by atoms with Gasteiger partial charge in [-0.25, -0.2) is 13.4 Å². The fraction of sp³-hybridized carbons (Fsp3) is 0.200. The standard InChI is InChI=1S/C20H22N4O2S/c1-2-24(18-9-4-3-5-10-18)27(25,26)19-11-12-20(23-16-19)22-15-13-17-8-6-7-14-21-17/h3-12,14,16H,2,13,15H2,1H3,(H,22,23). The summed E-state index contributed by atoms with van der Waals surface area (Å²) in [5.41, 5.74) is 1.63. The fourth-order valence-electron chi connectivity index (χ4n) is 2.71. The summed E-state index contributed by atoms with van der Waals surface area (Å²) in [6, 6.07) is 18.1. The lowest BCUT2D eigenvalue weighted by molar-refractivity contribution is 0.591. The molecule has 0 saturated carbocycles. The molecule has 1 aromatic carbocycles. The molecule has 2 heterocycles. The van der Waals surface area contributed by atoms with Crippen molar-refractivity contribution in [1.29, 1.82) is 0 Å². The average molecular weight is 382 g/mol. The average Bonchev–Trinajstić information content (AvgIpc) is 2.70. The Labute approximate surface area is 160 Å². The maximum Gasteiger partial charge on any atom is 0.265 e. The van der Waals surface area contributed by atoms with Crippen LogP contribution >= 0.6 is 0 Å². The Hall–Kier alpha value is -2.93. The van der Waals surface area contributed by atoms with Crippen LogP contribution in [0.1, 0.15) is 12.6 Å². The molecule has 3 aromatic rings. The molecule has 0 fully saturated rings. The highest BCUT2D eigenvalue weighted by atomic mass is 32.2. The first-order valence-electron chi connectivity index (χ1n) is 8.79. The van der Waals surface area contributed by atoms with E-state index in [1.165, 1.54) is 10.5 Å². The molecule has 0 aliphatic heterocycles. The zero-order valence-electron chi connectivity index (χ0n) is 15.1. The number of rotatable bonds is 8.